The molecule has 6 nitrogen and oxygen atoms in total. The van der Waals surface area contributed by atoms with E-state index in [4.69, 9.17) is 0 Å². The predicted octanol–water partition coefficient (Wildman–Crippen LogP) is 3.94. The van der Waals surface area contributed by atoms with Crippen molar-refractivity contribution in [2.24, 2.45) is 0 Å². The van der Waals surface area contributed by atoms with Crippen molar-refractivity contribution in [3.05, 3.63) is 82.4 Å². The molecule has 0 saturated heterocycles. The smallest absolute Gasteiger partial charge is 0.276 e. The molecule has 30 heavy (non-hydrogen) atoms. The highest BCUT2D eigenvalue weighted by atomic mass is 19.1. The fourth-order valence-corrected chi connectivity index (χ4v) is 3.65. The van der Waals surface area contributed by atoms with Gasteiger partial charge >= 0.3 is 0 Å². The van der Waals surface area contributed by atoms with Gasteiger partial charge in [0.15, 0.2) is 5.69 Å². The molecule has 2 heterocycles. The Morgan fingerprint density at radius 2 is 1.87 bits per heavy atom. The van der Waals surface area contributed by atoms with Crippen molar-refractivity contribution in [1.82, 2.24) is 14.7 Å². The summed E-state index contributed by atoms with van der Waals surface area (Å²) < 4.78 is 14.8. The van der Waals surface area contributed by atoms with Crippen LogP contribution in [-0.2, 0) is 13.1 Å². The predicted molar refractivity (Wildman–Crippen MR) is 112 cm³/mol. The molecule has 0 bridgehead atoms. The maximum Gasteiger partial charge on any atom is 0.276 e. The standard InChI is InChI=1S/C23H23FN4O2/c1-15-4-9-19(16(2)12-15)25-22(29)20-13-21-23(30)27(10-3-11-28(21)26-20)14-17-5-7-18(24)8-6-17/h4-9,12-13H,3,10-11,14H2,1-2H3,(H,25,29). The Bertz CT molecular complexity index is 1100. The molecule has 1 aliphatic rings. The van der Waals surface area contributed by atoms with E-state index in [2.05, 4.69) is 10.4 Å². The Morgan fingerprint density at radius 3 is 2.60 bits per heavy atom. The molecule has 2 aromatic carbocycles. The van der Waals surface area contributed by atoms with Crippen molar-refractivity contribution in [2.75, 3.05) is 11.9 Å². The summed E-state index contributed by atoms with van der Waals surface area (Å²) in [6, 6.07) is 13.5. The molecule has 1 aromatic heterocycles. The summed E-state index contributed by atoms with van der Waals surface area (Å²) >= 11 is 0. The molecule has 0 atom stereocenters. The van der Waals surface area contributed by atoms with Gasteiger partial charge in [0.1, 0.15) is 11.5 Å². The minimum atomic E-state index is -0.347. The lowest BCUT2D eigenvalue weighted by molar-refractivity contribution is 0.0745. The Hall–Kier alpha value is -3.48. The number of rotatable bonds is 4. The molecule has 4 rings (SSSR count). The molecule has 7 heteroatoms. The Morgan fingerprint density at radius 1 is 1.10 bits per heavy atom. The van der Waals surface area contributed by atoms with Gasteiger partial charge in [0, 0.05) is 31.4 Å². The van der Waals surface area contributed by atoms with Gasteiger partial charge in [-0.2, -0.15) is 5.10 Å². The summed E-state index contributed by atoms with van der Waals surface area (Å²) in [7, 11) is 0. The molecule has 0 unspecified atom stereocenters. The van der Waals surface area contributed by atoms with Crippen LogP contribution in [0.25, 0.3) is 0 Å². The van der Waals surface area contributed by atoms with Crippen LogP contribution in [0, 0.1) is 19.7 Å². The van der Waals surface area contributed by atoms with E-state index >= 15 is 0 Å². The number of hydrogen-bond acceptors (Lipinski definition) is 3. The van der Waals surface area contributed by atoms with Crippen LogP contribution in [0.3, 0.4) is 0 Å². The van der Waals surface area contributed by atoms with Crippen molar-refractivity contribution in [1.29, 1.82) is 0 Å². The van der Waals surface area contributed by atoms with E-state index in [0.29, 0.717) is 25.3 Å². The van der Waals surface area contributed by atoms with Crippen molar-refractivity contribution in [3.8, 4) is 0 Å². The number of carbonyl (C=O) groups excluding carboxylic acids is 2. The minimum absolute atomic E-state index is 0.185. The number of carbonyl (C=O) groups is 2. The van der Waals surface area contributed by atoms with Gasteiger partial charge in [0.25, 0.3) is 11.8 Å². The summed E-state index contributed by atoms with van der Waals surface area (Å²) in [6.07, 6.45) is 0.722. The molecule has 1 aliphatic heterocycles. The number of nitrogens with one attached hydrogen (secondary N) is 1. The Kier molecular flexibility index (Phi) is 5.35. The van der Waals surface area contributed by atoms with E-state index in [0.717, 1.165) is 28.8 Å². The number of halogens is 1. The maximum atomic E-state index is 13.2. The summed E-state index contributed by atoms with van der Waals surface area (Å²) in [5.41, 5.74) is 4.25. The van der Waals surface area contributed by atoms with E-state index in [1.54, 1.807) is 27.8 Å². The van der Waals surface area contributed by atoms with Gasteiger partial charge in [0.2, 0.25) is 0 Å². The molecular weight excluding hydrogens is 383 g/mol. The van der Waals surface area contributed by atoms with Gasteiger partial charge in [-0.3, -0.25) is 14.3 Å². The third kappa shape index (κ3) is 4.10. The molecule has 154 valence electrons. The van der Waals surface area contributed by atoms with Crippen molar-refractivity contribution in [2.45, 2.75) is 33.4 Å². The SMILES string of the molecule is Cc1ccc(NC(=O)c2cc3n(n2)CCCN(Cc2ccc(F)cc2)C3=O)c(C)c1. The third-order valence-corrected chi connectivity index (χ3v) is 5.23. The second kappa shape index (κ2) is 8.10. The molecule has 2 amide bonds. The average Bonchev–Trinajstić information content (AvgIpc) is 3.09. The van der Waals surface area contributed by atoms with Crippen molar-refractivity contribution in [3.63, 3.8) is 0 Å². The first-order valence-electron chi connectivity index (χ1n) is 9.91. The zero-order valence-electron chi connectivity index (χ0n) is 17.0. The van der Waals surface area contributed by atoms with E-state index in [1.165, 1.54) is 12.1 Å². The van der Waals surface area contributed by atoms with Gasteiger partial charge in [-0.15, -0.1) is 0 Å². The highest BCUT2D eigenvalue weighted by Crippen LogP contribution is 2.20. The highest BCUT2D eigenvalue weighted by molar-refractivity contribution is 6.05. The molecule has 3 aromatic rings. The third-order valence-electron chi connectivity index (χ3n) is 5.23. The van der Waals surface area contributed by atoms with Crippen molar-refractivity contribution < 1.29 is 14.0 Å². The second-order valence-electron chi connectivity index (χ2n) is 7.62. The lowest BCUT2D eigenvalue weighted by atomic mass is 10.1. The Balaban J connectivity index is 1.53. The zero-order chi connectivity index (χ0) is 21.3. The summed E-state index contributed by atoms with van der Waals surface area (Å²) in [5, 5.41) is 7.24. The quantitative estimate of drug-likeness (QED) is 0.714. The first-order chi connectivity index (χ1) is 14.4. The summed E-state index contributed by atoms with van der Waals surface area (Å²) in [5.74, 6) is -0.839. The van der Waals surface area contributed by atoms with E-state index < -0.39 is 0 Å². The lowest BCUT2D eigenvalue weighted by Crippen LogP contribution is -2.30. The lowest BCUT2D eigenvalue weighted by Gasteiger charge is -2.20. The molecule has 0 fully saturated rings. The van der Waals surface area contributed by atoms with E-state index in [-0.39, 0.29) is 23.3 Å². The monoisotopic (exact) mass is 406 g/mol. The number of fused-ring (bicyclic) bond motifs is 1. The van der Waals surface area contributed by atoms with Crippen LogP contribution in [0.1, 0.15) is 44.1 Å². The van der Waals surface area contributed by atoms with E-state index in [9.17, 15) is 14.0 Å². The van der Waals surface area contributed by atoms with Crippen LogP contribution in [0.5, 0.6) is 0 Å². The van der Waals surface area contributed by atoms with Gasteiger partial charge < -0.3 is 10.2 Å². The fourth-order valence-electron chi connectivity index (χ4n) is 3.65. The number of aromatic nitrogens is 2. The van der Waals surface area contributed by atoms with Crippen LogP contribution < -0.4 is 5.32 Å². The molecule has 1 N–H and O–H groups in total. The van der Waals surface area contributed by atoms with Crippen LogP contribution in [0.15, 0.2) is 48.5 Å². The molecular formula is C23H23FN4O2. The number of amides is 2. The molecule has 0 radical (unpaired) electrons. The molecule has 0 saturated carbocycles. The summed E-state index contributed by atoms with van der Waals surface area (Å²) in [4.78, 5) is 27.5. The van der Waals surface area contributed by atoms with Crippen molar-refractivity contribution >= 4 is 17.5 Å². The summed E-state index contributed by atoms with van der Waals surface area (Å²) in [6.45, 7) is 5.44. The van der Waals surface area contributed by atoms with E-state index in [1.807, 2.05) is 32.0 Å². The number of hydrogen-bond donors (Lipinski definition) is 1. The number of benzene rings is 2. The average molecular weight is 406 g/mol. The zero-order valence-corrected chi connectivity index (χ0v) is 17.0. The number of aryl methyl sites for hydroxylation is 3. The normalized spacial score (nSPS) is 13.7. The topological polar surface area (TPSA) is 67.2 Å². The largest absolute Gasteiger partial charge is 0.333 e. The number of nitrogens with zero attached hydrogens (tertiary/aromatic N) is 3. The maximum absolute atomic E-state index is 13.2. The number of anilines is 1. The van der Waals surface area contributed by atoms with Crippen LogP contribution in [0.2, 0.25) is 0 Å². The minimum Gasteiger partial charge on any atom is -0.333 e. The molecule has 0 aliphatic carbocycles. The second-order valence-corrected chi connectivity index (χ2v) is 7.62. The first kappa shape index (κ1) is 19.8. The van der Waals surface area contributed by atoms with Gasteiger partial charge in [-0.25, -0.2) is 4.39 Å². The van der Waals surface area contributed by atoms with Crippen LogP contribution in [-0.4, -0.2) is 33.0 Å². The fraction of sp³-hybridized carbons (Fsp3) is 0.261. The highest BCUT2D eigenvalue weighted by Gasteiger charge is 2.26. The van der Waals surface area contributed by atoms with Gasteiger partial charge in [0.05, 0.1) is 0 Å². The van der Waals surface area contributed by atoms with Crippen LogP contribution in [0.4, 0.5) is 10.1 Å². The Labute approximate surface area is 174 Å². The van der Waals surface area contributed by atoms with Gasteiger partial charge in [-0.05, 0) is 49.6 Å². The van der Waals surface area contributed by atoms with Crippen LogP contribution >= 0.6 is 0 Å². The van der Waals surface area contributed by atoms with Gasteiger partial charge in [-0.1, -0.05) is 29.8 Å². The first-order valence-corrected chi connectivity index (χ1v) is 9.91. The molecule has 0 spiro atoms.